The Bertz CT molecular complexity index is 403. The van der Waals surface area contributed by atoms with Gasteiger partial charge in [-0.1, -0.05) is 30.3 Å². The Balaban J connectivity index is 2.40. The third-order valence-electron chi connectivity index (χ3n) is 2.37. The quantitative estimate of drug-likeness (QED) is 0.505. The highest BCUT2D eigenvalue weighted by Gasteiger charge is 2.27. The summed E-state index contributed by atoms with van der Waals surface area (Å²) < 4.78 is 28.8. The molecule has 0 atom stereocenters. The van der Waals surface area contributed by atoms with Crippen molar-refractivity contribution in [1.82, 2.24) is 0 Å². The summed E-state index contributed by atoms with van der Waals surface area (Å²) in [6.07, 6.45) is 0.468. The van der Waals surface area contributed by atoms with Crippen molar-refractivity contribution in [1.29, 1.82) is 0 Å². The summed E-state index contributed by atoms with van der Waals surface area (Å²) in [6.45, 7) is 7.83. The molecule has 5 heteroatoms. The number of hydrogen-bond donors (Lipinski definition) is 0. The van der Waals surface area contributed by atoms with Crippen molar-refractivity contribution in [3.8, 4) is 0 Å². The lowest BCUT2D eigenvalue weighted by atomic mass is 10.2. The van der Waals surface area contributed by atoms with E-state index in [4.69, 9.17) is 13.8 Å². The van der Waals surface area contributed by atoms with Crippen LogP contribution in [0.5, 0.6) is 0 Å². The van der Waals surface area contributed by atoms with Gasteiger partial charge in [-0.25, -0.2) is 0 Å². The minimum atomic E-state index is -3.18. The topological polar surface area (TPSA) is 44.8 Å². The molecule has 0 N–H and O–H groups in total. The van der Waals surface area contributed by atoms with Crippen molar-refractivity contribution in [2.75, 3.05) is 13.0 Å². The van der Waals surface area contributed by atoms with E-state index in [0.717, 1.165) is 6.42 Å². The average molecular weight is 300 g/mol. The maximum atomic E-state index is 12.5. The Morgan fingerprint density at radius 1 is 1.00 bits per heavy atom. The summed E-state index contributed by atoms with van der Waals surface area (Å²) in [5, 5.41) is 0. The lowest BCUT2D eigenvalue weighted by Gasteiger charge is -2.22. The zero-order chi connectivity index (χ0) is 15.0. The molecule has 0 aliphatic heterocycles. The Labute approximate surface area is 122 Å². The second-order valence-corrected chi connectivity index (χ2v) is 7.09. The monoisotopic (exact) mass is 300 g/mol. The summed E-state index contributed by atoms with van der Waals surface area (Å²) >= 11 is 0. The van der Waals surface area contributed by atoms with Gasteiger partial charge in [0.1, 0.15) is 6.35 Å². The van der Waals surface area contributed by atoms with Crippen LogP contribution in [0.4, 0.5) is 0 Å². The van der Waals surface area contributed by atoms with Crippen molar-refractivity contribution in [3.05, 3.63) is 35.9 Å². The SMILES string of the molecule is CC(C)OP(=O)(COCCc1ccccc1)OC(C)C. The fraction of sp³-hybridized carbons (Fsp3) is 0.600. The van der Waals surface area contributed by atoms with Crippen LogP contribution in [0.1, 0.15) is 33.3 Å². The molecule has 0 aromatic heterocycles. The first-order chi connectivity index (χ1) is 9.41. The molecule has 1 aromatic carbocycles. The fourth-order valence-corrected chi connectivity index (χ4v) is 3.55. The third kappa shape index (κ3) is 7.20. The molecule has 0 spiro atoms. The molecule has 0 saturated heterocycles. The molecule has 0 fully saturated rings. The first-order valence-corrected chi connectivity index (χ1v) is 8.71. The zero-order valence-electron chi connectivity index (χ0n) is 12.7. The van der Waals surface area contributed by atoms with Crippen LogP contribution in [-0.4, -0.2) is 25.2 Å². The van der Waals surface area contributed by atoms with E-state index in [2.05, 4.69) is 0 Å². The summed E-state index contributed by atoms with van der Waals surface area (Å²) in [5.74, 6) is 0. The second-order valence-electron chi connectivity index (χ2n) is 5.19. The maximum absolute atomic E-state index is 12.5. The van der Waals surface area contributed by atoms with Crippen molar-refractivity contribution in [2.45, 2.75) is 46.3 Å². The van der Waals surface area contributed by atoms with E-state index >= 15 is 0 Å². The van der Waals surface area contributed by atoms with E-state index in [9.17, 15) is 4.57 Å². The minimum absolute atomic E-state index is 0.00378. The summed E-state index contributed by atoms with van der Waals surface area (Å²) in [7, 11) is -3.18. The minimum Gasteiger partial charge on any atom is -0.368 e. The van der Waals surface area contributed by atoms with Gasteiger partial charge in [0, 0.05) is 0 Å². The molecule has 0 aliphatic rings. The second kappa shape index (κ2) is 8.58. The predicted molar refractivity (Wildman–Crippen MR) is 81.0 cm³/mol. The standard InChI is InChI=1S/C15H25O4P/c1-13(2)18-20(16,19-14(3)4)12-17-11-10-15-8-6-5-7-9-15/h5-9,13-14H,10-12H2,1-4H3. The van der Waals surface area contributed by atoms with Gasteiger partial charge in [-0.15, -0.1) is 0 Å². The maximum Gasteiger partial charge on any atom is 0.356 e. The molecule has 0 saturated carbocycles. The van der Waals surface area contributed by atoms with Crippen molar-refractivity contribution < 1.29 is 18.3 Å². The molecule has 1 aromatic rings. The van der Waals surface area contributed by atoms with Gasteiger partial charge >= 0.3 is 7.60 Å². The predicted octanol–water partition coefficient (Wildman–Crippen LogP) is 4.25. The van der Waals surface area contributed by atoms with Gasteiger partial charge in [-0.05, 0) is 39.7 Å². The van der Waals surface area contributed by atoms with E-state index in [1.54, 1.807) is 0 Å². The van der Waals surface area contributed by atoms with Crippen LogP contribution >= 0.6 is 7.60 Å². The molecule has 0 radical (unpaired) electrons. The van der Waals surface area contributed by atoms with Crippen LogP contribution in [0, 0.1) is 0 Å². The normalized spacial score (nSPS) is 12.3. The van der Waals surface area contributed by atoms with E-state index in [-0.39, 0.29) is 18.6 Å². The van der Waals surface area contributed by atoms with Crippen molar-refractivity contribution in [3.63, 3.8) is 0 Å². The summed E-state index contributed by atoms with van der Waals surface area (Å²) in [6, 6.07) is 10.0. The van der Waals surface area contributed by atoms with Gasteiger partial charge in [0.15, 0.2) is 0 Å². The molecule has 4 nitrogen and oxygen atoms in total. The smallest absolute Gasteiger partial charge is 0.356 e. The Hall–Kier alpha value is -0.670. The van der Waals surface area contributed by atoms with Gasteiger partial charge in [-0.2, -0.15) is 0 Å². The van der Waals surface area contributed by atoms with Gasteiger partial charge in [0.25, 0.3) is 0 Å². The molecule has 0 amide bonds. The van der Waals surface area contributed by atoms with Crippen LogP contribution in [0.2, 0.25) is 0 Å². The van der Waals surface area contributed by atoms with Gasteiger partial charge in [-0.3, -0.25) is 4.57 Å². The number of ether oxygens (including phenoxy) is 1. The van der Waals surface area contributed by atoms with Gasteiger partial charge in [0.2, 0.25) is 0 Å². The van der Waals surface area contributed by atoms with Crippen LogP contribution < -0.4 is 0 Å². The molecule has 114 valence electrons. The van der Waals surface area contributed by atoms with Crippen LogP contribution in [0.15, 0.2) is 30.3 Å². The largest absolute Gasteiger partial charge is 0.368 e. The highest BCUT2D eigenvalue weighted by molar-refractivity contribution is 7.53. The van der Waals surface area contributed by atoms with Crippen LogP contribution in [0.3, 0.4) is 0 Å². The van der Waals surface area contributed by atoms with E-state index in [1.165, 1.54) is 5.56 Å². The Morgan fingerprint density at radius 2 is 1.55 bits per heavy atom. The molecule has 20 heavy (non-hydrogen) atoms. The van der Waals surface area contributed by atoms with Crippen LogP contribution in [-0.2, 0) is 24.8 Å². The van der Waals surface area contributed by atoms with Gasteiger partial charge < -0.3 is 13.8 Å². The Morgan fingerprint density at radius 3 is 2.05 bits per heavy atom. The molecule has 1 rings (SSSR count). The van der Waals surface area contributed by atoms with Crippen molar-refractivity contribution >= 4 is 7.60 Å². The van der Waals surface area contributed by atoms with Crippen LogP contribution in [0.25, 0.3) is 0 Å². The van der Waals surface area contributed by atoms with Gasteiger partial charge in [0.05, 0.1) is 18.8 Å². The first-order valence-electron chi connectivity index (χ1n) is 6.99. The first kappa shape index (κ1) is 17.4. The molecule has 0 unspecified atom stereocenters. The summed E-state index contributed by atoms with van der Waals surface area (Å²) in [5.41, 5.74) is 1.19. The molecule has 0 bridgehead atoms. The molecular weight excluding hydrogens is 275 g/mol. The van der Waals surface area contributed by atoms with E-state index in [0.29, 0.717) is 6.61 Å². The fourth-order valence-electron chi connectivity index (χ4n) is 1.74. The lowest BCUT2D eigenvalue weighted by Crippen LogP contribution is -2.12. The molecule has 0 aliphatic carbocycles. The number of hydrogen-bond acceptors (Lipinski definition) is 4. The number of benzene rings is 1. The molecule has 0 heterocycles. The summed E-state index contributed by atoms with van der Waals surface area (Å²) in [4.78, 5) is 0. The average Bonchev–Trinajstić information content (AvgIpc) is 2.34. The third-order valence-corrected chi connectivity index (χ3v) is 4.35. The van der Waals surface area contributed by atoms with Crippen molar-refractivity contribution in [2.24, 2.45) is 0 Å². The Kier molecular flexibility index (Phi) is 7.46. The number of rotatable bonds is 9. The highest BCUT2D eigenvalue weighted by Crippen LogP contribution is 2.50. The molecular formula is C15H25O4P. The zero-order valence-corrected chi connectivity index (χ0v) is 13.6. The highest BCUT2D eigenvalue weighted by atomic mass is 31.2. The van der Waals surface area contributed by atoms with E-state index in [1.807, 2.05) is 58.0 Å². The lowest BCUT2D eigenvalue weighted by molar-refractivity contribution is 0.0997. The van der Waals surface area contributed by atoms with E-state index < -0.39 is 7.60 Å².